The van der Waals surface area contributed by atoms with Gasteiger partial charge in [0.1, 0.15) is 38.4 Å². The number of benzene rings is 8. The van der Waals surface area contributed by atoms with E-state index >= 15 is 0 Å². The summed E-state index contributed by atoms with van der Waals surface area (Å²) in [6.45, 7) is 3.24. The molecule has 0 spiro atoms. The molecule has 0 unspecified atom stereocenters. The smallest absolute Gasteiger partial charge is 0.871 e. The minimum absolute atomic E-state index is 0. The third-order valence-corrected chi connectivity index (χ3v) is 13.5. The van der Waals surface area contributed by atoms with E-state index in [0.717, 1.165) is 12.1 Å². The van der Waals surface area contributed by atoms with Crippen molar-refractivity contribution in [2.24, 2.45) is 25.4 Å². The fourth-order valence-electron chi connectivity index (χ4n) is 7.05. The number of halogens is 2. The second-order valence-corrected chi connectivity index (χ2v) is 18.9. The Morgan fingerprint density at radius 2 is 1.07 bits per heavy atom. The van der Waals surface area contributed by atoms with Gasteiger partial charge in [-0.15, -0.1) is 15.3 Å². The Balaban J connectivity index is 0.000000235. The summed E-state index contributed by atoms with van der Waals surface area (Å²) in [5.41, 5.74) is 1.19. The fourth-order valence-corrected chi connectivity index (χ4v) is 9.26. The molecule has 8 rings (SSSR count). The van der Waals surface area contributed by atoms with E-state index in [1.165, 1.54) is 38.5 Å². The minimum atomic E-state index is -4.61. The molecule has 8 aromatic carbocycles. The number of rotatable bonds is 12. The van der Waals surface area contributed by atoms with Crippen LogP contribution in [0.2, 0.25) is 10.0 Å². The summed E-state index contributed by atoms with van der Waals surface area (Å²) < 4.78 is 75.7. The van der Waals surface area contributed by atoms with Crippen LogP contribution in [0.1, 0.15) is 27.0 Å². The first-order valence-electron chi connectivity index (χ1n) is 20.9. The first-order valence-corrected chi connectivity index (χ1v) is 24.5. The van der Waals surface area contributed by atoms with Gasteiger partial charge in [0.25, 0.3) is 26.1 Å². The summed E-state index contributed by atoms with van der Waals surface area (Å²) >= 11 is 12.4. The molecular weight excluding hydrogens is 1150 g/mol. The summed E-state index contributed by atoms with van der Waals surface area (Å²) in [6.07, 6.45) is 0. The Bertz CT molecular complexity index is 3790. The Morgan fingerprint density at radius 3 is 1.60 bits per heavy atom. The molecule has 0 heterocycles. The van der Waals surface area contributed by atoms with Gasteiger partial charge in [0, 0.05) is 28.6 Å². The number of phenolic OH excluding ortho intramolecular Hbond substituents is 1. The number of aromatic hydroxyl groups is 1. The number of amides is 1. The number of ether oxygens (including phenoxy) is 2. The van der Waals surface area contributed by atoms with E-state index in [4.69, 9.17) is 32.7 Å². The first-order chi connectivity index (χ1) is 34.2. The van der Waals surface area contributed by atoms with Crippen molar-refractivity contribution in [3.63, 3.8) is 0 Å². The van der Waals surface area contributed by atoms with E-state index in [1.54, 1.807) is 111 Å². The molecule has 0 saturated carbocycles. The van der Waals surface area contributed by atoms with Crippen LogP contribution < -0.4 is 25.0 Å². The molecule has 368 valence electrons. The average molecular weight is 1190 g/mol. The van der Waals surface area contributed by atoms with Gasteiger partial charge in [-0.05, 0) is 95.7 Å². The van der Waals surface area contributed by atoms with Crippen LogP contribution in [-0.2, 0) is 20.2 Å². The number of fused-ring (bicyclic) bond motifs is 2. The average Bonchev–Trinajstić information content (AvgIpc) is 3.34. The molecule has 73 heavy (non-hydrogen) atoms. The SMILES string of the molecule is COc1cccc(N=C([O-])c2cc3ccccc3c(N=Nc3c(C)ccc(S(=O)(=O)O)c3Cl)c2[O-])c1.COc1cccc(NC(=O)c2cc3ccccc3c(N=Nc3c(C)ccc(S(=O)(=O)O)c3Cl)c2O)c1.[Ba+2]. The number of hydrogen-bond acceptors (Lipinski definition) is 15. The number of aryl methyl sites for hydroxylation is 2. The van der Waals surface area contributed by atoms with Crippen LogP contribution in [0.15, 0.2) is 169 Å². The van der Waals surface area contributed by atoms with Crippen LogP contribution in [0, 0.1) is 13.8 Å². The van der Waals surface area contributed by atoms with Gasteiger partial charge in [-0.25, -0.2) is 0 Å². The molecule has 18 nitrogen and oxygen atoms in total. The number of aliphatic imine (C=N–C) groups is 1. The second-order valence-electron chi connectivity index (χ2n) is 15.4. The molecule has 0 fully saturated rings. The number of nitrogens with one attached hydrogen (secondary N) is 1. The van der Waals surface area contributed by atoms with Crippen LogP contribution in [0.25, 0.3) is 21.5 Å². The molecule has 0 aromatic heterocycles. The number of phenols is 1. The number of carbonyl (C=O) groups is 1. The molecule has 1 amide bonds. The number of methoxy groups -OCH3 is 2. The largest absolute Gasteiger partial charge is 2.00 e. The number of hydrogen-bond donors (Lipinski definition) is 4. The van der Waals surface area contributed by atoms with E-state index in [1.807, 2.05) is 0 Å². The van der Waals surface area contributed by atoms with E-state index in [-0.39, 0.29) is 92.8 Å². The second kappa shape index (κ2) is 23.6. The summed E-state index contributed by atoms with van der Waals surface area (Å²) in [4.78, 5) is 16.0. The van der Waals surface area contributed by atoms with E-state index in [0.29, 0.717) is 55.5 Å². The van der Waals surface area contributed by atoms with Crippen LogP contribution in [0.3, 0.4) is 0 Å². The Kier molecular flexibility index (Phi) is 18.1. The van der Waals surface area contributed by atoms with Crippen molar-refractivity contribution in [3.05, 3.63) is 166 Å². The zero-order valence-electron chi connectivity index (χ0n) is 38.7. The molecule has 0 radical (unpaired) electrons. The molecule has 0 aliphatic heterocycles. The van der Waals surface area contributed by atoms with Crippen molar-refractivity contribution < 1.29 is 55.5 Å². The maximum atomic E-state index is 13.3. The topological polar surface area (TPSA) is 284 Å². The van der Waals surface area contributed by atoms with Crippen molar-refractivity contribution in [1.29, 1.82) is 0 Å². The minimum Gasteiger partial charge on any atom is -0.871 e. The van der Waals surface area contributed by atoms with Crippen LogP contribution in [0.4, 0.5) is 34.1 Å². The van der Waals surface area contributed by atoms with Crippen LogP contribution >= 0.6 is 23.2 Å². The van der Waals surface area contributed by atoms with Crippen molar-refractivity contribution in [1.82, 2.24) is 0 Å². The maximum absolute atomic E-state index is 13.3. The van der Waals surface area contributed by atoms with Crippen LogP contribution in [0.5, 0.6) is 23.0 Å². The Hall–Kier alpha value is -6.41. The van der Waals surface area contributed by atoms with Gasteiger partial charge in [-0.1, -0.05) is 102 Å². The van der Waals surface area contributed by atoms with Gasteiger partial charge < -0.3 is 30.1 Å². The molecule has 0 atom stereocenters. The van der Waals surface area contributed by atoms with Crippen molar-refractivity contribution in [3.8, 4) is 23.0 Å². The molecule has 0 aliphatic carbocycles. The summed E-state index contributed by atoms with van der Waals surface area (Å²) in [5.74, 6) is -1.47. The monoisotopic (exact) mass is 1190 g/mol. The molecule has 0 bridgehead atoms. The number of azo groups is 2. The molecule has 0 saturated heterocycles. The molecule has 23 heteroatoms. The maximum Gasteiger partial charge on any atom is 2.00 e. The molecular formula is C50H38BaCl2N6O12S2. The molecule has 8 aromatic rings. The predicted octanol–water partition coefficient (Wildman–Crippen LogP) is 11.0. The van der Waals surface area contributed by atoms with Crippen LogP contribution in [-0.4, -0.2) is 106 Å². The predicted molar refractivity (Wildman–Crippen MR) is 275 cm³/mol. The summed E-state index contributed by atoms with van der Waals surface area (Å²) in [5, 5.41) is 57.7. The Morgan fingerprint density at radius 1 is 0.603 bits per heavy atom. The zero-order chi connectivity index (χ0) is 52.1. The number of anilines is 1. The summed E-state index contributed by atoms with van der Waals surface area (Å²) in [7, 11) is -6.22. The van der Waals surface area contributed by atoms with Gasteiger partial charge in [-0.2, -0.15) is 21.9 Å². The van der Waals surface area contributed by atoms with E-state index in [2.05, 4.69) is 30.8 Å². The van der Waals surface area contributed by atoms with E-state index < -0.39 is 53.3 Å². The standard InChI is InChI=1S/2C25H20ClN3O6S.Ba/c2*1-14-10-11-20(36(32,33)34)21(26)22(14)28-29-23-18-9-4-3-6-15(18)12-19(24(23)30)25(31)27-16-7-5-8-17(13-16)35-2;/h2*3-13,30H,1-2H3,(H,27,31)(H,32,33,34);/q;;+2/p-2. The van der Waals surface area contributed by atoms with Crippen molar-refractivity contribution in [2.75, 3.05) is 19.5 Å². The van der Waals surface area contributed by atoms with Crippen molar-refractivity contribution >= 4 is 160 Å². The third-order valence-electron chi connectivity index (χ3n) is 10.7. The van der Waals surface area contributed by atoms with Gasteiger partial charge in [0.15, 0.2) is 5.75 Å². The first kappa shape index (κ1) is 55.9. The fraction of sp³-hybridized carbons (Fsp3) is 0.0800. The normalized spacial score (nSPS) is 11.9. The number of nitrogens with zero attached hydrogens (tertiary/aromatic N) is 5. The van der Waals surface area contributed by atoms with Crippen molar-refractivity contribution in [2.45, 2.75) is 23.6 Å². The van der Waals surface area contributed by atoms with E-state index in [9.17, 15) is 46.1 Å². The third kappa shape index (κ3) is 12.9. The quantitative estimate of drug-likeness (QED) is 0.0292. The zero-order valence-corrected chi connectivity index (χ0v) is 46.3. The van der Waals surface area contributed by atoms with Gasteiger partial charge in [-0.3, -0.25) is 18.9 Å². The molecule has 4 N–H and O–H groups in total. The molecule has 0 aliphatic rings. The Labute approximate surface area is 468 Å². The van der Waals surface area contributed by atoms with Gasteiger partial charge >= 0.3 is 48.9 Å². The van der Waals surface area contributed by atoms with Gasteiger partial charge in [0.05, 0.1) is 41.2 Å². The number of carbonyl (C=O) groups excluding carboxylic acids is 1. The summed E-state index contributed by atoms with van der Waals surface area (Å²) in [6, 6.07) is 35.0. The van der Waals surface area contributed by atoms with Gasteiger partial charge in [0.2, 0.25) is 0 Å².